The van der Waals surface area contributed by atoms with Crippen LogP contribution in [0.25, 0.3) is 0 Å². The summed E-state index contributed by atoms with van der Waals surface area (Å²) in [5.74, 6) is 0.136. The Hall–Kier alpha value is -2.13. The molecule has 0 radical (unpaired) electrons. The minimum absolute atomic E-state index is 0.0554. The molecule has 24 heavy (non-hydrogen) atoms. The average molecular weight is 323 g/mol. The van der Waals surface area contributed by atoms with Gasteiger partial charge in [-0.2, -0.15) is 0 Å². The van der Waals surface area contributed by atoms with Crippen LogP contribution in [0.1, 0.15) is 42.1 Å². The topological polar surface area (TPSA) is 33.5 Å². The molecule has 1 amide bonds. The van der Waals surface area contributed by atoms with Gasteiger partial charge in [-0.3, -0.25) is 4.79 Å². The van der Waals surface area contributed by atoms with Crippen LogP contribution in [-0.2, 0) is 24.2 Å². The average Bonchev–Trinajstić information content (AvgIpc) is 2.61. The summed E-state index contributed by atoms with van der Waals surface area (Å²) < 4.78 is 0. The summed E-state index contributed by atoms with van der Waals surface area (Å²) in [6.45, 7) is 6.73. The highest BCUT2D eigenvalue weighted by Crippen LogP contribution is 2.14. The van der Waals surface area contributed by atoms with Crippen LogP contribution >= 0.6 is 0 Å². The summed E-state index contributed by atoms with van der Waals surface area (Å²) in [6, 6.07) is 17.2. The highest BCUT2D eigenvalue weighted by molar-refractivity contribution is 5.77. The van der Waals surface area contributed by atoms with E-state index in [0.29, 0.717) is 6.54 Å². The summed E-state index contributed by atoms with van der Waals surface area (Å²) >= 11 is 0. The van der Waals surface area contributed by atoms with E-state index in [4.69, 9.17) is 0 Å². The number of hydrogen-bond donors (Lipinski definition) is 2. The molecule has 2 atom stereocenters. The molecule has 0 spiro atoms. The number of carbonyl (C=O) groups is 1. The lowest BCUT2D eigenvalue weighted by Crippen LogP contribution is -3.12. The normalized spacial score (nSPS) is 17.8. The number of benzene rings is 2. The second kappa shape index (κ2) is 7.63. The molecule has 0 aromatic heterocycles. The molecule has 1 unspecified atom stereocenters. The molecule has 3 rings (SSSR count). The van der Waals surface area contributed by atoms with Gasteiger partial charge in [-0.05, 0) is 30.0 Å². The molecule has 0 saturated carbocycles. The van der Waals surface area contributed by atoms with E-state index in [0.717, 1.165) is 25.9 Å². The predicted molar refractivity (Wildman–Crippen MR) is 96.9 cm³/mol. The molecule has 2 aromatic carbocycles. The Morgan fingerprint density at radius 1 is 1.12 bits per heavy atom. The van der Waals surface area contributed by atoms with Crippen LogP contribution in [0.4, 0.5) is 0 Å². The van der Waals surface area contributed by atoms with Crippen LogP contribution < -0.4 is 10.2 Å². The van der Waals surface area contributed by atoms with E-state index in [1.54, 1.807) is 0 Å². The molecule has 0 fully saturated rings. The second-order valence-corrected chi connectivity index (χ2v) is 6.76. The summed E-state index contributed by atoms with van der Waals surface area (Å²) in [5, 5.41) is 3.15. The molecular formula is C21H27N2O+. The van der Waals surface area contributed by atoms with E-state index in [-0.39, 0.29) is 11.9 Å². The quantitative estimate of drug-likeness (QED) is 0.868. The molecule has 1 aliphatic rings. The lowest BCUT2D eigenvalue weighted by Gasteiger charge is -2.26. The maximum atomic E-state index is 12.4. The Balaban J connectivity index is 1.54. The fourth-order valence-electron chi connectivity index (χ4n) is 3.44. The van der Waals surface area contributed by atoms with Gasteiger partial charge in [0.25, 0.3) is 5.91 Å². The van der Waals surface area contributed by atoms with Crippen molar-refractivity contribution in [1.82, 2.24) is 5.32 Å². The van der Waals surface area contributed by atoms with E-state index >= 15 is 0 Å². The van der Waals surface area contributed by atoms with Gasteiger partial charge in [-0.15, -0.1) is 0 Å². The smallest absolute Gasteiger partial charge is 0.275 e. The number of nitrogens with one attached hydrogen (secondary N) is 2. The molecule has 3 heteroatoms. The number of carbonyl (C=O) groups excluding carboxylic acids is 1. The van der Waals surface area contributed by atoms with Crippen LogP contribution in [0.5, 0.6) is 0 Å². The van der Waals surface area contributed by atoms with Gasteiger partial charge in [0.2, 0.25) is 0 Å². The molecule has 0 bridgehead atoms. The molecule has 0 aliphatic carbocycles. The summed E-state index contributed by atoms with van der Waals surface area (Å²) in [7, 11) is 0. The van der Waals surface area contributed by atoms with E-state index in [2.05, 4.69) is 67.7 Å². The third kappa shape index (κ3) is 4.04. The minimum atomic E-state index is 0.0554. The fourth-order valence-corrected chi connectivity index (χ4v) is 3.44. The van der Waals surface area contributed by atoms with Crippen molar-refractivity contribution >= 4 is 5.91 Å². The van der Waals surface area contributed by atoms with E-state index in [1.807, 2.05) is 0 Å². The molecular weight excluding hydrogens is 296 g/mol. The zero-order valence-corrected chi connectivity index (χ0v) is 14.6. The van der Waals surface area contributed by atoms with Crippen molar-refractivity contribution in [3.05, 3.63) is 70.8 Å². The zero-order valence-electron chi connectivity index (χ0n) is 14.6. The van der Waals surface area contributed by atoms with Crippen LogP contribution in [0.15, 0.2) is 48.5 Å². The van der Waals surface area contributed by atoms with Gasteiger partial charge in [-0.25, -0.2) is 0 Å². The van der Waals surface area contributed by atoms with Gasteiger partial charge in [0.1, 0.15) is 6.54 Å². The maximum absolute atomic E-state index is 12.4. The SMILES string of the molecule is CCc1ccc([C@@H](C)NC(=O)C[NH+]2CCc3ccccc3C2)cc1. The van der Waals surface area contributed by atoms with Gasteiger partial charge in [0.05, 0.1) is 12.6 Å². The van der Waals surface area contributed by atoms with Gasteiger partial charge < -0.3 is 10.2 Å². The summed E-state index contributed by atoms with van der Waals surface area (Å²) in [4.78, 5) is 13.7. The Kier molecular flexibility index (Phi) is 5.31. The first-order valence-corrected chi connectivity index (χ1v) is 8.94. The number of amides is 1. The molecule has 0 saturated heterocycles. The lowest BCUT2D eigenvalue weighted by atomic mass is 10.00. The first-order chi connectivity index (χ1) is 11.7. The zero-order chi connectivity index (χ0) is 16.9. The van der Waals surface area contributed by atoms with Crippen LogP contribution in [0.3, 0.4) is 0 Å². The number of fused-ring (bicyclic) bond motifs is 1. The maximum Gasteiger partial charge on any atom is 0.275 e. The lowest BCUT2D eigenvalue weighted by molar-refractivity contribution is -0.908. The standard InChI is InChI=1S/C21H26N2O/c1-3-17-8-10-18(11-9-17)16(2)22-21(24)15-23-13-12-19-6-4-5-7-20(19)14-23/h4-11,16H,3,12-15H2,1-2H3,(H,22,24)/p+1/t16-/m1/s1. The van der Waals surface area contributed by atoms with Crippen molar-refractivity contribution in [3.63, 3.8) is 0 Å². The Morgan fingerprint density at radius 2 is 1.83 bits per heavy atom. The van der Waals surface area contributed by atoms with Crippen molar-refractivity contribution in [3.8, 4) is 0 Å². The number of aryl methyl sites for hydroxylation is 1. The van der Waals surface area contributed by atoms with Crippen molar-refractivity contribution in [1.29, 1.82) is 0 Å². The molecule has 1 aliphatic heterocycles. The minimum Gasteiger partial charge on any atom is -0.345 e. The Morgan fingerprint density at radius 3 is 2.54 bits per heavy atom. The summed E-state index contributed by atoms with van der Waals surface area (Å²) in [5.41, 5.74) is 5.31. The molecule has 126 valence electrons. The summed E-state index contributed by atoms with van der Waals surface area (Å²) in [6.07, 6.45) is 2.10. The first kappa shape index (κ1) is 16.7. The Bertz CT molecular complexity index is 693. The second-order valence-electron chi connectivity index (χ2n) is 6.76. The van der Waals surface area contributed by atoms with Crippen LogP contribution in [0, 0.1) is 0 Å². The highest BCUT2D eigenvalue weighted by atomic mass is 16.2. The molecule has 3 nitrogen and oxygen atoms in total. The highest BCUT2D eigenvalue weighted by Gasteiger charge is 2.22. The van der Waals surface area contributed by atoms with Gasteiger partial charge >= 0.3 is 0 Å². The largest absolute Gasteiger partial charge is 0.345 e. The van der Waals surface area contributed by atoms with E-state index in [9.17, 15) is 4.79 Å². The molecule has 2 N–H and O–H groups in total. The van der Waals surface area contributed by atoms with E-state index in [1.165, 1.54) is 27.2 Å². The van der Waals surface area contributed by atoms with Crippen molar-refractivity contribution in [2.45, 2.75) is 39.3 Å². The molecule has 2 aromatic rings. The third-order valence-electron chi connectivity index (χ3n) is 4.98. The van der Waals surface area contributed by atoms with Gasteiger partial charge in [-0.1, -0.05) is 55.5 Å². The van der Waals surface area contributed by atoms with Gasteiger partial charge in [0, 0.05) is 12.0 Å². The van der Waals surface area contributed by atoms with Gasteiger partial charge in [0.15, 0.2) is 6.54 Å². The van der Waals surface area contributed by atoms with Crippen molar-refractivity contribution < 1.29 is 9.69 Å². The molecule has 1 heterocycles. The number of hydrogen-bond acceptors (Lipinski definition) is 1. The third-order valence-corrected chi connectivity index (χ3v) is 4.98. The predicted octanol–water partition coefficient (Wildman–Crippen LogP) is 2.07. The Labute approximate surface area is 144 Å². The van der Waals surface area contributed by atoms with E-state index < -0.39 is 0 Å². The number of rotatable bonds is 5. The monoisotopic (exact) mass is 323 g/mol. The fraction of sp³-hybridized carbons (Fsp3) is 0.381. The van der Waals surface area contributed by atoms with Crippen molar-refractivity contribution in [2.24, 2.45) is 0 Å². The van der Waals surface area contributed by atoms with Crippen molar-refractivity contribution in [2.75, 3.05) is 13.1 Å². The van der Waals surface area contributed by atoms with Crippen LogP contribution in [0.2, 0.25) is 0 Å². The number of quaternary nitrogens is 1. The van der Waals surface area contributed by atoms with Crippen LogP contribution in [-0.4, -0.2) is 19.0 Å². The first-order valence-electron chi connectivity index (χ1n) is 8.94.